The third-order valence-electron chi connectivity index (χ3n) is 4.62. The molecule has 26 heavy (non-hydrogen) atoms. The minimum atomic E-state index is -3.48. The molecule has 1 N–H and O–H groups in total. The Morgan fingerprint density at radius 2 is 1.81 bits per heavy atom. The van der Waals surface area contributed by atoms with Crippen LogP contribution in [-0.2, 0) is 10.0 Å². The van der Waals surface area contributed by atoms with Crippen molar-refractivity contribution in [3.8, 4) is 0 Å². The molecule has 2 aromatic rings. The van der Waals surface area contributed by atoms with E-state index in [4.69, 9.17) is 11.6 Å². The Kier molecular flexibility index (Phi) is 5.60. The van der Waals surface area contributed by atoms with Crippen molar-refractivity contribution in [2.45, 2.75) is 17.7 Å². The van der Waals surface area contributed by atoms with Crippen LogP contribution >= 0.6 is 11.6 Å². The van der Waals surface area contributed by atoms with Crippen LogP contribution in [0.5, 0.6) is 0 Å². The minimum absolute atomic E-state index is 0.0173. The highest BCUT2D eigenvalue weighted by atomic mass is 35.5. The summed E-state index contributed by atoms with van der Waals surface area (Å²) in [7, 11) is -2.12. The first-order valence-electron chi connectivity index (χ1n) is 8.35. The zero-order valence-corrected chi connectivity index (χ0v) is 15.9. The van der Waals surface area contributed by atoms with E-state index >= 15 is 0 Å². The molecule has 0 spiro atoms. The first-order valence-corrected chi connectivity index (χ1v) is 10.2. The number of hydrogen-bond donors (Lipinski definition) is 1. The van der Waals surface area contributed by atoms with Crippen molar-refractivity contribution in [1.82, 2.24) is 9.71 Å². The lowest BCUT2D eigenvalue weighted by molar-refractivity contribution is 0.0900. The predicted octanol–water partition coefficient (Wildman–Crippen LogP) is 2.74. The van der Waals surface area contributed by atoms with Gasteiger partial charge in [-0.15, -0.1) is 0 Å². The largest absolute Gasteiger partial charge is 0.357 e. The van der Waals surface area contributed by atoms with E-state index in [9.17, 15) is 13.2 Å². The molecule has 1 fully saturated rings. The summed E-state index contributed by atoms with van der Waals surface area (Å²) >= 11 is 5.87. The third kappa shape index (κ3) is 4.06. The summed E-state index contributed by atoms with van der Waals surface area (Å²) in [6, 6.07) is 10.2. The second-order valence-corrected chi connectivity index (χ2v) is 8.52. The molecule has 6 nitrogen and oxygen atoms in total. The number of piperidine rings is 1. The number of benzene rings is 1. The summed E-state index contributed by atoms with van der Waals surface area (Å²) in [6.07, 6.45) is 2.82. The number of sulfonamides is 1. The number of anilines is 1. The molecule has 0 saturated carbocycles. The number of nitrogens with one attached hydrogen (secondary N) is 1. The summed E-state index contributed by atoms with van der Waals surface area (Å²) < 4.78 is 25.8. The van der Waals surface area contributed by atoms with Crippen LogP contribution in [0.2, 0.25) is 5.02 Å². The summed E-state index contributed by atoms with van der Waals surface area (Å²) in [6.45, 7) is 1.41. The van der Waals surface area contributed by atoms with Gasteiger partial charge in [-0.1, -0.05) is 11.6 Å². The Balaban J connectivity index is 1.63. The van der Waals surface area contributed by atoms with Crippen molar-refractivity contribution in [2.75, 3.05) is 25.0 Å². The number of pyridine rings is 1. The zero-order valence-electron chi connectivity index (χ0n) is 14.4. The standard InChI is InChI=1S/C18H20ClN3O3S/c1-20-26(24,25)16-6-7-17(21-12-16)22-10-8-14(9-11-22)18(23)13-2-4-15(19)5-3-13/h2-7,12,14,20H,8-11H2,1H3. The maximum Gasteiger partial charge on any atom is 0.241 e. The van der Waals surface area contributed by atoms with Crippen LogP contribution in [0.1, 0.15) is 23.2 Å². The number of hydrogen-bond acceptors (Lipinski definition) is 5. The van der Waals surface area contributed by atoms with E-state index in [0.717, 1.165) is 18.7 Å². The molecular formula is C18H20ClN3O3S. The maximum atomic E-state index is 12.6. The smallest absolute Gasteiger partial charge is 0.241 e. The molecule has 8 heteroatoms. The van der Waals surface area contributed by atoms with Gasteiger partial charge in [0.2, 0.25) is 10.0 Å². The Bertz CT molecular complexity index is 875. The Morgan fingerprint density at radius 3 is 2.35 bits per heavy atom. The molecule has 1 aliphatic rings. The lowest BCUT2D eigenvalue weighted by atomic mass is 9.89. The molecule has 138 valence electrons. The Morgan fingerprint density at radius 1 is 1.15 bits per heavy atom. The van der Waals surface area contributed by atoms with Gasteiger partial charge in [0.15, 0.2) is 5.78 Å². The van der Waals surface area contributed by atoms with E-state index in [1.54, 1.807) is 36.4 Å². The fourth-order valence-electron chi connectivity index (χ4n) is 3.06. The predicted molar refractivity (Wildman–Crippen MR) is 101 cm³/mol. The third-order valence-corrected chi connectivity index (χ3v) is 6.27. The molecule has 1 saturated heterocycles. The van der Waals surface area contributed by atoms with E-state index in [0.29, 0.717) is 23.7 Å². The number of carbonyl (C=O) groups excluding carboxylic acids is 1. The van der Waals surface area contributed by atoms with Gasteiger partial charge in [0.25, 0.3) is 0 Å². The second kappa shape index (κ2) is 7.73. The second-order valence-electron chi connectivity index (χ2n) is 6.19. The van der Waals surface area contributed by atoms with Crippen LogP contribution in [0.15, 0.2) is 47.5 Å². The van der Waals surface area contributed by atoms with Gasteiger partial charge >= 0.3 is 0 Å². The number of Topliss-reactive ketones (excluding diaryl/α,β-unsaturated/α-hetero) is 1. The monoisotopic (exact) mass is 393 g/mol. The van der Waals surface area contributed by atoms with Crippen LogP contribution < -0.4 is 9.62 Å². The van der Waals surface area contributed by atoms with Gasteiger partial charge in [-0.25, -0.2) is 18.1 Å². The number of carbonyl (C=O) groups is 1. The average molecular weight is 394 g/mol. The van der Waals surface area contributed by atoms with Crippen LogP contribution in [0.3, 0.4) is 0 Å². The van der Waals surface area contributed by atoms with Crippen molar-refractivity contribution in [2.24, 2.45) is 5.92 Å². The van der Waals surface area contributed by atoms with Gasteiger partial charge in [0.1, 0.15) is 10.7 Å². The van der Waals surface area contributed by atoms with Gasteiger partial charge in [0.05, 0.1) is 0 Å². The van der Waals surface area contributed by atoms with Gasteiger partial charge in [0, 0.05) is 35.8 Å². The van der Waals surface area contributed by atoms with Crippen LogP contribution in [0.4, 0.5) is 5.82 Å². The lowest BCUT2D eigenvalue weighted by Crippen LogP contribution is -2.36. The minimum Gasteiger partial charge on any atom is -0.357 e. The molecule has 0 aliphatic carbocycles. The van der Waals surface area contributed by atoms with E-state index in [-0.39, 0.29) is 16.6 Å². The highest BCUT2D eigenvalue weighted by Crippen LogP contribution is 2.25. The van der Waals surface area contributed by atoms with Gasteiger partial charge in [-0.05, 0) is 56.3 Å². The van der Waals surface area contributed by atoms with Gasteiger partial charge < -0.3 is 4.90 Å². The summed E-state index contributed by atoms with van der Waals surface area (Å²) in [5, 5.41) is 0.617. The Labute approximate surface area is 158 Å². The molecule has 1 aliphatic heterocycles. The molecule has 1 aromatic heterocycles. The first-order chi connectivity index (χ1) is 12.4. The topological polar surface area (TPSA) is 79.4 Å². The number of rotatable bonds is 5. The number of ketones is 1. The van der Waals surface area contributed by atoms with Crippen LogP contribution in [-0.4, -0.2) is 39.3 Å². The lowest BCUT2D eigenvalue weighted by Gasteiger charge is -2.32. The van der Waals surface area contributed by atoms with Crippen molar-refractivity contribution < 1.29 is 13.2 Å². The summed E-state index contributed by atoms with van der Waals surface area (Å²) in [4.78, 5) is 19.1. The highest BCUT2D eigenvalue weighted by molar-refractivity contribution is 7.89. The van der Waals surface area contributed by atoms with E-state index < -0.39 is 10.0 Å². The van der Waals surface area contributed by atoms with E-state index in [1.165, 1.54) is 13.2 Å². The molecule has 0 radical (unpaired) electrons. The van der Waals surface area contributed by atoms with Gasteiger partial charge in [-0.3, -0.25) is 4.79 Å². The molecular weight excluding hydrogens is 374 g/mol. The molecule has 0 amide bonds. The maximum absolute atomic E-state index is 12.6. The van der Waals surface area contributed by atoms with Crippen LogP contribution in [0.25, 0.3) is 0 Å². The zero-order chi connectivity index (χ0) is 18.7. The van der Waals surface area contributed by atoms with Gasteiger partial charge in [-0.2, -0.15) is 0 Å². The molecule has 0 atom stereocenters. The average Bonchev–Trinajstić information content (AvgIpc) is 2.68. The van der Waals surface area contributed by atoms with E-state index in [1.807, 2.05) is 0 Å². The normalized spacial score (nSPS) is 15.8. The summed E-state index contributed by atoms with van der Waals surface area (Å²) in [5.41, 5.74) is 0.688. The van der Waals surface area contributed by atoms with Crippen molar-refractivity contribution in [3.05, 3.63) is 53.2 Å². The van der Waals surface area contributed by atoms with Crippen LogP contribution in [0, 0.1) is 5.92 Å². The van der Waals surface area contributed by atoms with E-state index in [2.05, 4.69) is 14.6 Å². The molecule has 0 unspecified atom stereocenters. The number of nitrogens with zero attached hydrogens (tertiary/aromatic N) is 2. The quantitative estimate of drug-likeness (QED) is 0.790. The SMILES string of the molecule is CNS(=O)(=O)c1ccc(N2CCC(C(=O)c3ccc(Cl)cc3)CC2)nc1. The van der Waals surface area contributed by atoms with Crippen molar-refractivity contribution >= 4 is 33.2 Å². The first kappa shape index (κ1) is 18.8. The van der Waals surface area contributed by atoms with Crippen molar-refractivity contribution in [3.63, 3.8) is 0 Å². The van der Waals surface area contributed by atoms with Crippen molar-refractivity contribution in [1.29, 1.82) is 0 Å². The highest BCUT2D eigenvalue weighted by Gasteiger charge is 2.26. The number of aromatic nitrogens is 1. The Hall–Kier alpha value is -1.96. The molecule has 0 bridgehead atoms. The summed E-state index contributed by atoms with van der Waals surface area (Å²) in [5.74, 6) is 0.846. The molecule has 2 heterocycles. The fourth-order valence-corrected chi connectivity index (χ4v) is 3.86. The fraction of sp³-hybridized carbons (Fsp3) is 0.333. The molecule has 1 aromatic carbocycles. The molecule has 3 rings (SSSR count). The number of halogens is 1.